The molecule has 0 saturated carbocycles. The number of ketones is 1. The van der Waals surface area contributed by atoms with Crippen molar-refractivity contribution in [3.63, 3.8) is 0 Å². The van der Waals surface area contributed by atoms with Crippen LogP contribution in [-0.2, 0) is 11.2 Å². The predicted molar refractivity (Wildman–Crippen MR) is 115 cm³/mol. The minimum absolute atomic E-state index is 0.102. The molecule has 30 heavy (non-hydrogen) atoms. The van der Waals surface area contributed by atoms with E-state index >= 15 is 0 Å². The van der Waals surface area contributed by atoms with Gasteiger partial charge in [0.1, 0.15) is 5.56 Å². The Labute approximate surface area is 175 Å². The van der Waals surface area contributed by atoms with Gasteiger partial charge in [-0.15, -0.1) is 0 Å². The molecule has 1 aromatic heterocycles. The molecule has 0 unspecified atom stereocenters. The number of carbonyl (C=O) groups is 3. The number of fused-ring (bicyclic) bond motifs is 1. The highest BCUT2D eigenvalue weighted by Gasteiger charge is 2.32. The highest BCUT2D eigenvalue weighted by atomic mass is 16.2. The Balaban J connectivity index is 1.71. The van der Waals surface area contributed by atoms with Crippen LogP contribution in [0.3, 0.4) is 0 Å². The van der Waals surface area contributed by atoms with Crippen molar-refractivity contribution in [2.45, 2.75) is 47.5 Å². The second kappa shape index (κ2) is 7.89. The number of hydrogen-bond donors (Lipinski definition) is 3. The number of nitrogens with one attached hydrogen (secondary N) is 3. The molecular weight excluding hydrogens is 382 g/mol. The molecular formula is C23H27N3O4. The molecule has 0 radical (unpaired) electrons. The quantitative estimate of drug-likeness (QED) is 0.721. The SMILES string of the molecule is Cc1cc(C)c(NC(=O)CNC(=O)c2cc3c([nH]c2=O)CC(C)(C)CC3=O)c(C)c1. The summed E-state index contributed by atoms with van der Waals surface area (Å²) in [6.07, 6.45) is 0.910. The topological polar surface area (TPSA) is 108 Å². The van der Waals surface area contributed by atoms with E-state index in [0.717, 1.165) is 16.7 Å². The molecule has 1 aliphatic carbocycles. The lowest BCUT2D eigenvalue weighted by Gasteiger charge is -2.29. The predicted octanol–water partition coefficient (Wildman–Crippen LogP) is 2.82. The maximum Gasteiger partial charge on any atom is 0.261 e. The first-order valence-electron chi connectivity index (χ1n) is 9.92. The zero-order valence-corrected chi connectivity index (χ0v) is 18.0. The maximum atomic E-state index is 12.5. The van der Waals surface area contributed by atoms with E-state index in [0.29, 0.717) is 29.8 Å². The second-order valence-corrected chi connectivity index (χ2v) is 8.85. The first kappa shape index (κ1) is 21.5. The highest BCUT2D eigenvalue weighted by Crippen LogP contribution is 2.33. The number of carbonyl (C=O) groups excluding carboxylic acids is 3. The summed E-state index contributed by atoms with van der Waals surface area (Å²) < 4.78 is 0. The van der Waals surface area contributed by atoms with Crippen molar-refractivity contribution in [3.05, 3.63) is 62.1 Å². The Kier molecular flexibility index (Phi) is 5.65. The smallest absolute Gasteiger partial charge is 0.261 e. The van der Waals surface area contributed by atoms with E-state index in [4.69, 9.17) is 0 Å². The van der Waals surface area contributed by atoms with Crippen molar-refractivity contribution in [1.82, 2.24) is 10.3 Å². The maximum absolute atomic E-state index is 12.5. The van der Waals surface area contributed by atoms with Crippen LogP contribution in [0.2, 0.25) is 0 Å². The Morgan fingerprint density at radius 1 is 1.03 bits per heavy atom. The van der Waals surface area contributed by atoms with Crippen molar-refractivity contribution >= 4 is 23.3 Å². The van der Waals surface area contributed by atoms with Gasteiger partial charge in [-0.3, -0.25) is 19.2 Å². The van der Waals surface area contributed by atoms with Crippen molar-refractivity contribution < 1.29 is 14.4 Å². The van der Waals surface area contributed by atoms with E-state index in [1.165, 1.54) is 6.07 Å². The van der Waals surface area contributed by atoms with Gasteiger partial charge in [0.2, 0.25) is 5.91 Å². The molecule has 1 heterocycles. The molecule has 0 saturated heterocycles. The van der Waals surface area contributed by atoms with Crippen LogP contribution in [-0.4, -0.2) is 29.1 Å². The molecule has 2 amide bonds. The molecule has 7 nitrogen and oxygen atoms in total. The lowest BCUT2D eigenvalue weighted by Crippen LogP contribution is -2.37. The number of benzene rings is 1. The zero-order valence-electron chi connectivity index (χ0n) is 18.0. The van der Waals surface area contributed by atoms with Gasteiger partial charge in [0.15, 0.2) is 5.78 Å². The summed E-state index contributed by atoms with van der Waals surface area (Å²) in [6.45, 7) is 9.42. The summed E-state index contributed by atoms with van der Waals surface area (Å²) in [4.78, 5) is 52.3. The average molecular weight is 409 g/mol. The van der Waals surface area contributed by atoms with E-state index in [1.807, 2.05) is 46.8 Å². The number of H-pyrrole nitrogens is 1. The van der Waals surface area contributed by atoms with E-state index in [2.05, 4.69) is 15.6 Å². The lowest BCUT2D eigenvalue weighted by molar-refractivity contribution is -0.115. The van der Waals surface area contributed by atoms with Crippen molar-refractivity contribution in [2.75, 3.05) is 11.9 Å². The number of anilines is 1. The molecule has 0 spiro atoms. The standard InChI is InChI=1S/C23H27N3O4/c1-12-6-13(2)20(14(3)7-12)26-19(28)11-24-21(29)16-8-15-17(25-22(16)30)9-23(4,5)10-18(15)27/h6-8H,9-11H2,1-5H3,(H,24,29)(H,25,30)(H,26,28). The summed E-state index contributed by atoms with van der Waals surface area (Å²) in [7, 11) is 0. The van der Waals surface area contributed by atoms with E-state index < -0.39 is 17.4 Å². The molecule has 0 aliphatic heterocycles. The van der Waals surface area contributed by atoms with Gasteiger partial charge in [0, 0.05) is 23.4 Å². The monoisotopic (exact) mass is 409 g/mol. The number of amides is 2. The second-order valence-electron chi connectivity index (χ2n) is 8.85. The Bertz CT molecular complexity index is 1090. The summed E-state index contributed by atoms with van der Waals surface area (Å²) in [6, 6.07) is 5.27. The molecule has 0 fully saturated rings. The molecule has 2 aromatic rings. The number of aryl methyl sites for hydroxylation is 3. The summed E-state index contributed by atoms with van der Waals surface area (Å²) in [5.41, 5.74) is 3.62. The Morgan fingerprint density at radius 3 is 2.30 bits per heavy atom. The van der Waals surface area contributed by atoms with Gasteiger partial charge in [0.25, 0.3) is 11.5 Å². The first-order chi connectivity index (χ1) is 14.0. The van der Waals surface area contributed by atoms with Gasteiger partial charge < -0.3 is 15.6 Å². The number of hydrogen-bond acceptors (Lipinski definition) is 4. The van der Waals surface area contributed by atoms with Crippen LogP contribution in [0.4, 0.5) is 5.69 Å². The van der Waals surface area contributed by atoms with Crippen LogP contribution < -0.4 is 16.2 Å². The van der Waals surface area contributed by atoms with Crippen LogP contribution >= 0.6 is 0 Å². The van der Waals surface area contributed by atoms with E-state index in [1.54, 1.807) is 0 Å². The van der Waals surface area contributed by atoms with Crippen LogP contribution in [0.25, 0.3) is 0 Å². The number of Topliss-reactive ketones (excluding diaryl/α,β-unsaturated/α-hetero) is 1. The molecule has 3 rings (SSSR count). The third-order valence-electron chi connectivity index (χ3n) is 5.31. The third kappa shape index (κ3) is 4.50. The van der Waals surface area contributed by atoms with E-state index in [-0.39, 0.29) is 23.3 Å². The molecule has 1 aliphatic rings. The van der Waals surface area contributed by atoms with Crippen LogP contribution in [0.1, 0.15) is 63.4 Å². The van der Waals surface area contributed by atoms with Crippen molar-refractivity contribution in [2.24, 2.45) is 5.41 Å². The van der Waals surface area contributed by atoms with Crippen molar-refractivity contribution in [3.8, 4) is 0 Å². The number of aromatic nitrogens is 1. The largest absolute Gasteiger partial charge is 0.343 e. The van der Waals surface area contributed by atoms with Crippen LogP contribution in [0.5, 0.6) is 0 Å². The number of rotatable bonds is 4. The summed E-state index contributed by atoms with van der Waals surface area (Å²) >= 11 is 0. The molecule has 158 valence electrons. The molecule has 3 N–H and O–H groups in total. The summed E-state index contributed by atoms with van der Waals surface area (Å²) in [5, 5.41) is 5.27. The highest BCUT2D eigenvalue weighted by molar-refractivity contribution is 6.03. The van der Waals surface area contributed by atoms with Crippen LogP contribution in [0, 0.1) is 26.2 Å². The number of aromatic amines is 1. The van der Waals surface area contributed by atoms with Gasteiger partial charge in [0.05, 0.1) is 6.54 Å². The van der Waals surface area contributed by atoms with Gasteiger partial charge in [-0.25, -0.2) is 0 Å². The Hall–Kier alpha value is -3.22. The fraction of sp³-hybridized carbons (Fsp3) is 0.391. The van der Waals surface area contributed by atoms with Crippen LogP contribution in [0.15, 0.2) is 23.0 Å². The summed E-state index contributed by atoms with van der Waals surface area (Å²) in [5.74, 6) is -1.19. The third-order valence-corrected chi connectivity index (χ3v) is 5.31. The Morgan fingerprint density at radius 2 is 1.67 bits per heavy atom. The van der Waals surface area contributed by atoms with Gasteiger partial charge in [-0.2, -0.15) is 0 Å². The van der Waals surface area contributed by atoms with Gasteiger partial charge >= 0.3 is 0 Å². The molecule has 7 heteroatoms. The number of pyridine rings is 1. The minimum atomic E-state index is -0.691. The van der Waals surface area contributed by atoms with Crippen molar-refractivity contribution in [1.29, 1.82) is 0 Å². The molecule has 1 aromatic carbocycles. The fourth-order valence-electron chi connectivity index (χ4n) is 4.01. The van der Waals surface area contributed by atoms with E-state index in [9.17, 15) is 19.2 Å². The molecule has 0 atom stereocenters. The van der Waals surface area contributed by atoms with Gasteiger partial charge in [-0.05, 0) is 49.8 Å². The minimum Gasteiger partial charge on any atom is -0.343 e. The van der Waals surface area contributed by atoms with Gasteiger partial charge in [-0.1, -0.05) is 31.5 Å². The first-order valence-corrected chi connectivity index (χ1v) is 9.92. The fourth-order valence-corrected chi connectivity index (χ4v) is 4.01. The zero-order chi connectivity index (χ0) is 22.2. The molecule has 0 bridgehead atoms. The average Bonchev–Trinajstić information content (AvgIpc) is 2.61. The normalized spacial score (nSPS) is 14.8. The lowest BCUT2D eigenvalue weighted by atomic mass is 9.75.